The van der Waals surface area contributed by atoms with Gasteiger partial charge in [0.05, 0.1) is 40.7 Å². The molecule has 1 amide bonds. The minimum Gasteiger partial charge on any atom is -0.497 e. The number of rotatable bonds is 9. The van der Waals surface area contributed by atoms with Crippen molar-refractivity contribution in [1.82, 2.24) is 5.32 Å². The zero-order chi connectivity index (χ0) is 21.6. The molecule has 2 rings (SSSR count). The van der Waals surface area contributed by atoms with E-state index in [1.807, 2.05) is 0 Å². The predicted molar refractivity (Wildman–Crippen MR) is 115 cm³/mol. The zero-order valence-corrected chi connectivity index (χ0v) is 18.7. The molecule has 0 atom stereocenters. The summed E-state index contributed by atoms with van der Waals surface area (Å²) in [6.07, 6.45) is 0.963. The number of hydrogen-bond acceptors (Lipinski definition) is 5. The molecule has 0 saturated carbocycles. The first-order chi connectivity index (χ1) is 13.6. The third kappa shape index (κ3) is 6.85. The molecule has 1 N–H and O–H groups in total. The lowest BCUT2D eigenvalue weighted by Crippen LogP contribution is -2.41. The summed E-state index contributed by atoms with van der Waals surface area (Å²) in [7, 11) is -2.26. The van der Waals surface area contributed by atoms with Gasteiger partial charge in [-0.15, -0.1) is 0 Å². The Morgan fingerprint density at radius 2 is 1.72 bits per heavy atom. The van der Waals surface area contributed by atoms with E-state index in [1.54, 1.807) is 31.4 Å². The number of carbonyl (C=O) groups is 1. The number of hydrogen-bond donors (Lipinski definition) is 1. The second-order valence-corrected chi connectivity index (χ2v) is 8.99. The Balaban J connectivity index is 1.98. The minimum atomic E-state index is -3.81. The SMILES string of the molecule is COc1cccc(OCCNC(=O)CN(c2cc(Cl)c(Cl)cc2Cl)S(C)(=O)=O)c1. The number of carbonyl (C=O) groups excluding carboxylic acids is 1. The van der Waals surface area contributed by atoms with Crippen molar-refractivity contribution in [1.29, 1.82) is 0 Å². The van der Waals surface area contributed by atoms with Crippen LogP contribution in [0.2, 0.25) is 15.1 Å². The average molecular weight is 482 g/mol. The molecule has 0 spiro atoms. The fourth-order valence-corrected chi connectivity index (χ4v) is 3.87. The third-order valence-corrected chi connectivity index (χ3v) is 5.83. The molecule has 11 heteroatoms. The van der Waals surface area contributed by atoms with Crippen LogP contribution in [0.15, 0.2) is 36.4 Å². The van der Waals surface area contributed by atoms with E-state index in [0.29, 0.717) is 11.5 Å². The summed E-state index contributed by atoms with van der Waals surface area (Å²) in [6.45, 7) is -0.121. The fourth-order valence-electron chi connectivity index (χ4n) is 2.32. The number of ether oxygens (including phenoxy) is 2. The first-order valence-electron chi connectivity index (χ1n) is 8.27. The summed E-state index contributed by atoms with van der Waals surface area (Å²) in [6, 6.07) is 9.63. The Labute approximate surface area is 184 Å². The van der Waals surface area contributed by atoms with Gasteiger partial charge in [-0.25, -0.2) is 8.42 Å². The molecule has 2 aromatic rings. The number of anilines is 1. The third-order valence-electron chi connectivity index (χ3n) is 3.68. The molecule has 29 heavy (non-hydrogen) atoms. The van der Waals surface area contributed by atoms with Gasteiger partial charge < -0.3 is 14.8 Å². The van der Waals surface area contributed by atoms with Crippen LogP contribution in [-0.2, 0) is 14.8 Å². The van der Waals surface area contributed by atoms with Crippen LogP contribution in [0.25, 0.3) is 0 Å². The van der Waals surface area contributed by atoms with E-state index in [0.717, 1.165) is 10.6 Å². The Morgan fingerprint density at radius 1 is 1.07 bits per heavy atom. The van der Waals surface area contributed by atoms with Gasteiger partial charge in [-0.2, -0.15) is 0 Å². The number of benzene rings is 2. The van der Waals surface area contributed by atoms with Crippen LogP contribution in [0, 0.1) is 0 Å². The number of sulfonamides is 1. The molecule has 0 aliphatic rings. The van der Waals surface area contributed by atoms with E-state index in [4.69, 9.17) is 44.3 Å². The molecule has 0 fully saturated rings. The summed E-state index contributed by atoms with van der Waals surface area (Å²) in [5.41, 5.74) is 0.0614. The molecule has 0 aliphatic heterocycles. The number of methoxy groups -OCH3 is 1. The van der Waals surface area contributed by atoms with Crippen LogP contribution in [0.1, 0.15) is 0 Å². The van der Waals surface area contributed by atoms with Crippen LogP contribution < -0.4 is 19.1 Å². The van der Waals surface area contributed by atoms with Crippen molar-refractivity contribution in [3.63, 3.8) is 0 Å². The molecule has 0 unspecified atom stereocenters. The second-order valence-electron chi connectivity index (χ2n) is 5.86. The van der Waals surface area contributed by atoms with Crippen molar-refractivity contribution in [2.45, 2.75) is 0 Å². The van der Waals surface area contributed by atoms with E-state index in [2.05, 4.69) is 5.32 Å². The first kappa shape index (κ1) is 23.4. The summed E-state index contributed by atoms with van der Waals surface area (Å²) in [5.74, 6) is 0.694. The maximum Gasteiger partial charge on any atom is 0.240 e. The number of halogens is 3. The zero-order valence-electron chi connectivity index (χ0n) is 15.6. The molecule has 0 saturated heterocycles. The maximum atomic E-state index is 12.3. The Morgan fingerprint density at radius 3 is 2.38 bits per heavy atom. The molecular formula is C18H19Cl3N2O5S. The van der Waals surface area contributed by atoms with E-state index in [-0.39, 0.29) is 33.9 Å². The van der Waals surface area contributed by atoms with Gasteiger partial charge >= 0.3 is 0 Å². The largest absolute Gasteiger partial charge is 0.497 e. The van der Waals surface area contributed by atoms with Gasteiger partial charge in [0.1, 0.15) is 24.7 Å². The van der Waals surface area contributed by atoms with Crippen molar-refractivity contribution in [3.05, 3.63) is 51.5 Å². The van der Waals surface area contributed by atoms with Crippen LogP contribution in [0.3, 0.4) is 0 Å². The van der Waals surface area contributed by atoms with Gasteiger partial charge in [-0.05, 0) is 24.3 Å². The van der Waals surface area contributed by atoms with Crippen molar-refractivity contribution in [2.75, 3.05) is 37.4 Å². The molecule has 0 aromatic heterocycles. The average Bonchev–Trinajstić information content (AvgIpc) is 2.66. The highest BCUT2D eigenvalue weighted by molar-refractivity contribution is 7.92. The van der Waals surface area contributed by atoms with Crippen molar-refractivity contribution in [2.24, 2.45) is 0 Å². The van der Waals surface area contributed by atoms with Crippen LogP contribution in [-0.4, -0.2) is 47.4 Å². The van der Waals surface area contributed by atoms with E-state index >= 15 is 0 Å². The number of nitrogens with zero attached hydrogens (tertiary/aromatic N) is 1. The van der Waals surface area contributed by atoms with Crippen LogP contribution in [0.4, 0.5) is 5.69 Å². The van der Waals surface area contributed by atoms with Crippen molar-refractivity contribution < 1.29 is 22.7 Å². The van der Waals surface area contributed by atoms with E-state index < -0.39 is 22.5 Å². The van der Waals surface area contributed by atoms with Gasteiger partial charge in [0.2, 0.25) is 15.9 Å². The predicted octanol–water partition coefficient (Wildman–Crippen LogP) is 3.62. The molecule has 0 bridgehead atoms. The molecule has 0 aliphatic carbocycles. The first-order valence-corrected chi connectivity index (χ1v) is 11.3. The topological polar surface area (TPSA) is 84.9 Å². The fraction of sp³-hybridized carbons (Fsp3) is 0.278. The minimum absolute atomic E-state index is 0.0546. The van der Waals surface area contributed by atoms with E-state index in [9.17, 15) is 13.2 Å². The van der Waals surface area contributed by atoms with Gasteiger partial charge in [-0.3, -0.25) is 9.10 Å². The number of nitrogens with one attached hydrogen (secondary N) is 1. The Bertz CT molecular complexity index is 985. The Kier molecular flexibility index (Phi) is 8.27. The highest BCUT2D eigenvalue weighted by Crippen LogP contribution is 2.35. The lowest BCUT2D eigenvalue weighted by Gasteiger charge is -2.23. The molecule has 0 heterocycles. The standard InChI is InChI=1S/C18H19Cl3N2O5S/c1-27-12-4-3-5-13(8-12)28-7-6-22-18(24)11-23(29(2,25)26)17-10-15(20)14(19)9-16(17)21/h3-5,8-10H,6-7,11H2,1-2H3,(H,22,24). The summed E-state index contributed by atoms with van der Waals surface area (Å²) in [4.78, 5) is 12.3. The second kappa shape index (κ2) is 10.2. The smallest absolute Gasteiger partial charge is 0.240 e. The monoisotopic (exact) mass is 480 g/mol. The van der Waals surface area contributed by atoms with Crippen molar-refractivity contribution >= 4 is 56.4 Å². The number of amides is 1. The lowest BCUT2D eigenvalue weighted by atomic mass is 10.3. The maximum absolute atomic E-state index is 12.3. The lowest BCUT2D eigenvalue weighted by molar-refractivity contribution is -0.119. The molecular weight excluding hydrogens is 463 g/mol. The summed E-state index contributed by atoms with van der Waals surface area (Å²) >= 11 is 17.9. The Hall–Kier alpha value is -1.87. The van der Waals surface area contributed by atoms with Crippen LogP contribution >= 0.6 is 34.8 Å². The molecule has 158 valence electrons. The van der Waals surface area contributed by atoms with Gasteiger partial charge in [0.15, 0.2) is 0 Å². The van der Waals surface area contributed by atoms with Gasteiger partial charge in [-0.1, -0.05) is 40.9 Å². The molecule has 7 nitrogen and oxygen atoms in total. The van der Waals surface area contributed by atoms with E-state index in [1.165, 1.54) is 12.1 Å². The van der Waals surface area contributed by atoms with Gasteiger partial charge in [0.25, 0.3) is 0 Å². The highest BCUT2D eigenvalue weighted by atomic mass is 35.5. The molecule has 0 radical (unpaired) electrons. The van der Waals surface area contributed by atoms with Gasteiger partial charge in [0, 0.05) is 6.07 Å². The van der Waals surface area contributed by atoms with Crippen LogP contribution in [0.5, 0.6) is 11.5 Å². The highest BCUT2D eigenvalue weighted by Gasteiger charge is 2.24. The normalized spacial score (nSPS) is 11.1. The molecule has 2 aromatic carbocycles. The summed E-state index contributed by atoms with van der Waals surface area (Å²) in [5, 5.41) is 2.94. The quantitative estimate of drug-likeness (QED) is 0.437. The van der Waals surface area contributed by atoms with Crippen molar-refractivity contribution in [3.8, 4) is 11.5 Å². The summed E-state index contributed by atoms with van der Waals surface area (Å²) < 4.78 is 35.8.